The fourth-order valence-corrected chi connectivity index (χ4v) is 5.60. The largest absolute Gasteiger partial charge is 0.379 e. The number of hydrogen-bond donors (Lipinski definition) is 1. The number of rotatable bonds is 5. The van der Waals surface area contributed by atoms with E-state index in [1.54, 1.807) is 17.7 Å². The molecule has 0 radical (unpaired) electrons. The molecule has 5 heterocycles. The molecule has 0 atom stereocenters. The van der Waals surface area contributed by atoms with Crippen LogP contribution in [-0.4, -0.2) is 64.8 Å². The van der Waals surface area contributed by atoms with Crippen LogP contribution in [0.15, 0.2) is 6.33 Å². The fourth-order valence-electron chi connectivity index (χ4n) is 4.43. The minimum Gasteiger partial charge on any atom is -0.379 e. The van der Waals surface area contributed by atoms with Gasteiger partial charge < -0.3 is 14.8 Å². The third-order valence-corrected chi connectivity index (χ3v) is 7.16. The number of ether oxygens (including phenoxy) is 2. The van der Waals surface area contributed by atoms with Crippen LogP contribution < -0.4 is 5.32 Å². The molecule has 5 rings (SSSR count). The first kappa shape index (κ1) is 20.1. The molecule has 8 heteroatoms. The lowest BCUT2D eigenvalue weighted by atomic mass is 9.89. The number of aryl methyl sites for hydroxylation is 1. The van der Waals surface area contributed by atoms with Crippen molar-refractivity contribution in [1.29, 1.82) is 0 Å². The van der Waals surface area contributed by atoms with Crippen LogP contribution in [0, 0.1) is 6.92 Å². The molecule has 0 amide bonds. The van der Waals surface area contributed by atoms with Crippen molar-refractivity contribution in [1.82, 2.24) is 19.9 Å². The zero-order chi connectivity index (χ0) is 20.7. The van der Waals surface area contributed by atoms with Gasteiger partial charge >= 0.3 is 0 Å². The molecule has 1 N–H and O–H groups in total. The maximum atomic E-state index is 6.06. The van der Waals surface area contributed by atoms with Gasteiger partial charge in [-0.25, -0.2) is 15.0 Å². The molecule has 0 spiro atoms. The maximum absolute atomic E-state index is 6.06. The quantitative estimate of drug-likeness (QED) is 0.625. The molecule has 1 saturated heterocycles. The summed E-state index contributed by atoms with van der Waals surface area (Å²) in [6.45, 7) is 12.7. The monoisotopic (exact) mass is 427 g/mol. The predicted octanol–water partition coefficient (Wildman–Crippen LogP) is 3.53. The van der Waals surface area contributed by atoms with E-state index in [9.17, 15) is 0 Å². The Morgan fingerprint density at radius 1 is 1.20 bits per heavy atom. The van der Waals surface area contributed by atoms with Crippen LogP contribution in [0.4, 0.5) is 5.82 Å². The van der Waals surface area contributed by atoms with Crippen molar-refractivity contribution in [3.05, 3.63) is 23.1 Å². The van der Waals surface area contributed by atoms with E-state index in [4.69, 9.17) is 14.5 Å². The average molecular weight is 428 g/mol. The van der Waals surface area contributed by atoms with Gasteiger partial charge in [-0.3, -0.25) is 4.90 Å². The Kier molecular flexibility index (Phi) is 5.35. The molecule has 2 aliphatic rings. The summed E-state index contributed by atoms with van der Waals surface area (Å²) in [5.74, 6) is 0.919. The van der Waals surface area contributed by atoms with E-state index in [0.29, 0.717) is 6.61 Å². The Morgan fingerprint density at radius 2 is 2.03 bits per heavy atom. The van der Waals surface area contributed by atoms with Gasteiger partial charge in [0, 0.05) is 42.7 Å². The van der Waals surface area contributed by atoms with Crippen LogP contribution in [0.3, 0.4) is 0 Å². The summed E-state index contributed by atoms with van der Waals surface area (Å²) in [5, 5.41) is 4.73. The SMILES string of the molecule is Cc1nc2sc3c(NCCCN4CCOCC4)ncnc3c2c2c1COC(C)(C)C2. The standard InChI is InChI=1S/C22H29N5O2S/c1-14-16-12-29-22(2,3)11-15(16)17-18-19(30-21(17)26-14)20(25-13-24-18)23-5-4-6-27-7-9-28-10-8-27/h13H,4-12H2,1-3H3,(H,23,24,25). The number of thiophene rings is 1. The van der Waals surface area contributed by atoms with Crippen LogP contribution in [0.2, 0.25) is 0 Å². The third-order valence-electron chi connectivity index (χ3n) is 6.08. The van der Waals surface area contributed by atoms with Crippen LogP contribution >= 0.6 is 11.3 Å². The molecule has 0 aliphatic carbocycles. The molecule has 0 unspecified atom stereocenters. The van der Waals surface area contributed by atoms with E-state index < -0.39 is 0 Å². The average Bonchev–Trinajstić information content (AvgIpc) is 3.10. The predicted molar refractivity (Wildman–Crippen MR) is 120 cm³/mol. The summed E-state index contributed by atoms with van der Waals surface area (Å²) in [5.41, 5.74) is 4.47. The minimum atomic E-state index is -0.171. The van der Waals surface area contributed by atoms with E-state index in [1.165, 1.54) is 16.5 Å². The Hall–Kier alpha value is -1.87. The molecule has 160 valence electrons. The molecule has 3 aromatic heterocycles. The van der Waals surface area contributed by atoms with E-state index >= 15 is 0 Å². The highest BCUT2D eigenvalue weighted by atomic mass is 32.1. The Balaban J connectivity index is 1.43. The summed E-state index contributed by atoms with van der Waals surface area (Å²) in [4.78, 5) is 17.6. The molecule has 7 nitrogen and oxygen atoms in total. The van der Waals surface area contributed by atoms with Crippen LogP contribution in [0.1, 0.15) is 37.1 Å². The van der Waals surface area contributed by atoms with Gasteiger partial charge in [-0.15, -0.1) is 11.3 Å². The number of nitrogens with one attached hydrogen (secondary N) is 1. The first-order valence-electron chi connectivity index (χ1n) is 10.8. The number of morpholine rings is 1. The molecule has 1 fully saturated rings. The number of hydrogen-bond acceptors (Lipinski definition) is 8. The van der Waals surface area contributed by atoms with E-state index in [2.05, 4.69) is 41.0 Å². The van der Waals surface area contributed by atoms with Gasteiger partial charge in [0.15, 0.2) is 0 Å². The number of nitrogens with zero attached hydrogens (tertiary/aromatic N) is 4. The molecule has 0 saturated carbocycles. The maximum Gasteiger partial charge on any atom is 0.147 e. The van der Waals surface area contributed by atoms with Gasteiger partial charge in [-0.1, -0.05) is 0 Å². The second-order valence-corrected chi connectivity index (χ2v) is 9.80. The summed E-state index contributed by atoms with van der Waals surface area (Å²) >= 11 is 1.70. The van der Waals surface area contributed by atoms with Crippen molar-refractivity contribution in [3.8, 4) is 0 Å². The van der Waals surface area contributed by atoms with Gasteiger partial charge in [-0.05, 0) is 39.3 Å². The summed E-state index contributed by atoms with van der Waals surface area (Å²) in [7, 11) is 0. The van der Waals surface area contributed by atoms with E-state index in [-0.39, 0.29) is 5.60 Å². The van der Waals surface area contributed by atoms with Gasteiger partial charge in [0.05, 0.1) is 35.6 Å². The summed E-state index contributed by atoms with van der Waals surface area (Å²) in [6, 6.07) is 0. The lowest BCUT2D eigenvalue weighted by Gasteiger charge is -2.32. The van der Waals surface area contributed by atoms with Crippen molar-refractivity contribution in [2.45, 2.75) is 45.8 Å². The second kappa shape index (κ2) is 8.00. The first-order valence-corrected chi connectivity index (χ1v) is 11.6. The van der Waals surface area contributed by atoms with Gasteiger partial charge in [0.1, 0.15) is 17.0 Å². The van der Waals surface area contributed by atoms with Crippen molar-refractivity contribution >= 4 is 37.6 Å². The smallest absolute Gasteiger partial charge is 0.147 e. The fraction of sp³-hybridized carbons (Fsp3) is 0.591. The molecule has 0 aromatic carbocycles. The lowest BCUT2D eigenvalue weighted by molar-refractivity contribution is -0.0400. The normalized spacial score (nSPS) is 19.3. The van der Waals surface area contributed by atoms with Gasteiger partial charge in [0.2, 0.25) is 0 Å². The van der Waals surface area contributed by atoms with Crippen LogP contribution in [-0.2, 0) is 22.5 Å². The van der Waals surface area contributed by atoms with Crippen molar-refractivity contribution in [3.63, 3.8) is 0 Å². The zero-order valence-corrected chi connectivity index (χ0v) is 18.8. The molecular weight excluding hydrogens is 398 g/mol. The Bertz CT molecular complexity index is 1070. The highest BCUT2D eigenvalue weighted by molar-refractivity contribution is 7.26. The lowest BCUT2D eigenvalue weighted by Crippen LogP contribution is -2.37. The number of aromatic nitrogens is 3. The Labute approximate surface area is 180 Å². The van der Waals surface area contributed by atoms with E-state index in [1.807, 2.05) is 0 Å². The highest BCUT2D eigenvalue weighted by Crippen LogP contribution is 2.41. The van der Waals surface area contributed by atoms with Crippen LogP contribution in [0.5, 0.6) is 0 Å². The minimum absolute atomic E-state index is 0.171. The third kappa shape index (κ3) is 3.77. The molecule has 2 aliphatic heterocycles. The molecule has 0 bridgehead atoms. The van der Waals surface area contributed by atoms with Crippen LogP contribution in [0.25, 0.3) is 20.4 Å². The molecular formula is C22H29N5O2S. The summed E-state index contributed by atoms with van der Waals surface area (Å²) < 4.78 is 12.6. The van der Waals surface area contributed by atoms with Gasteiger partial charge in [-0.2, -0.15) is 0 Å². The number of anilines is 1. The first-order chi connectivity index (χ1) is 14.5. The molecule has 3 aromatic rings. The van der Waals surface area contributed by atoms with Crippen molar-refractivity contribution < 1.29 is 9.47 Å². The Morgan fingerprint density at radius 3 is 2.87 bits per heavy atom. The number of fused-ring (bicyclic) bond motifs is 5. The van der Waals surface area contributed by atoms with Crippen molar-refractivity contribution in [2.24, 2.45) is 0 Å². The van der Waals surface area contributed by atoms with E-state index in [0.717, 1.165) is 78.8 Å². The highest BCUT2D eigenvalue weighted by Gasteiger charge is 2.30. The van der Waals surface area contributed by atoms with Gasteiger partial charge in [0.25, 0.3) is 0 Å². The zero-order valence-electron chi connectivity index (χ0n) is 18.0. The molecule has 30 heavy (non-hydrogen) atoms. The summed E-state index contributed by atoms with van der Waals surface area (Å²) in [6.07, 6.45) is 3.63. The number of pyridine rings is 1. The topological polar surface area (TPSA) is 72.4 Å². The van der Waals surface area contributed by atoms with Crippen molar-refractivity contribution in [2.75, 3.05) is 44.7 Å². The second-order valence-electron chi connectivity index (χ2n) is 8.80.